The number of nitrogens with one attached hydrogen (secondary N) is 1. The summed E-state index contributed by atoms with van der Waals surface area (Å²) in [5.74, 6) is 1.25. The van der Waals surface area contributed by atoms with Crippen molar-refractivity contribution in [3.8, 4) is 0 Å². The van der Waals surface area contributed by atoms with Crippen LogP contribution in [0.4, 0.5) is 0 Å². The minimum atomic E-state index is 0.148. The molecule has 0 spiro atoms. The predicted octanol–water partition coefficient (Wildman–Crippen LogP) is 1.29. The largest absolute Gasteiger partial charge is 0.381 e. The summed E-state index contributed by atoms with van der Waals surface area (Å²) >= 11 is 0. The van der Waals surface area contributed by atoms with Crippen molar-refractivity contribution in [1.29, 1.82) is 0 Å². The molecule has 5 unspecified atom stereocenters. The Hall–Kier alpha value is -0.610. The Morgan fingerprint density at radius 3 is 2.78 bits per heavy atom. The van der Waals surface area contributed by atoms with Gasteiger partial charge in [-0.15, -0.1) is 0 Å². The Balaban J connectivity index is 1.83. The number of amides is 1. The van der Waals surface area contributed by atoms with Crippen LogP contribution >= 0.6 is 0 Å². The molecule has 104 valence electrons. The first kappa shape index (κ1) is 13.8. The molecule has 18 heavy (non-hydrogen) atoms. The molecule has 0 bridgehead atoms. The van der Waals surface area contributed by atoms with E-state index in [1.165, 1.54) is 0 Å². The van der Waals surface area contributed by atoms with Crippen LogP contribution in [0.1, 0.15) is 39.5 Å². The van der Waals surface area contributed by atoms with Crippen molar-refractivity contribution in [3.05, 3.63) is 0 Å². The zero-order valence-electron chi connectivity index (χ0n) is 11.5. The van der Waals surface area contributed by atoms with E-state index in [2.05, 4.69) is 19.2 Å². The Bertz CT molecular complexity index is 290. The van der Waals surface area contributed by atoms with Crippen LogP contribution in [0.25, 0.3) is 0 Å². The van der Waals surface area contributed by atoms with Crippen molar-refractivity contribution in [3.63, 3.8) is 0 Å². The van der Waals surface area contributed by atoms with E-state index < -0.39 is 0 Å². The van der Waals surface area contributed by atoms with Crippen LogP contribution in [0.15, 0.2) is 0 Å². The lowest BCUT2D eigenvalue weighted by molar-refractivity contribution is -0.128. The maximum absolute atomic E-state index is 12.3. The van der Waals surface area contributed by atoms with Gasteiger partial charge in [-0.3, -0.25) is 4.79 Å². The van der Waals surface area contributed by atoms with E-state index in [4.69, 9.17) is 10.5 Å². The van der Waals surface area contributed by atoms with Gasteiger partial charge >= 0.3 is 0 Å². The lowest BCUT2D eigenvalue weighted by Gasteiger charge is -2.32. The SMILES string of the molecule is CC1CC(N)CCC1C(=O)NC(C)C1CCOC1. The predicted molar refractivity (Wildman–Crippen MR) is 71.0 cm³/mol. The topological polar surface area (TPSA) is 64.4 Å². The van der Waals surface area contributed by atoms with Crippen LogP contribution in [-0.4, -0.2) is 31.2 Å². The van der Waals surface area contributed by atoms with Crippen LogP contribution in [0.3, 0.4) is 0 Å². The first-order valence-electron chi connectivity index (χ1n) is 7.21. The zero-order chi connectivity index (χ0) is 13.1. The maximum atomic E-state index is 12.3. The van der Waals surface area contributed by atoms with Gasteiger partial charge in [0.2, 0.25) is 5.91 Å². The van der Waals surface area contributed by atoms with Crippen molar-refractivity contribution in [2.75, 3.05) is 13.2 Å². The summed E-state index contributed by atoms with van der Waals surface area (Å²) in [5, 5.41) is 3.18. The van der Waals surface area contributed by atoms with Crippen molar-refractivity contribution in [2.45, 2.75) is 51.6 Å². The molecule has 1 heterocycles. The third kappa shape index (κ3) is 3.23. The second-order valence-electron chi connectivity index (χ2n) is 6.08. The monoisotopic (exact) mass is 254 g/mol. The highest BCUT2D eigenvalue weighted by atomic mass is 16.5. The number of hydrogen-bond donors (Lipinski definition) is 2. The van der Waals surface area contributed by atoms with Gasteiger partial charge < -0.3 is 15.8 Å². The molecule has 1 amide bonds. The number of nitrogens with two attached hydrogens (primary N) is 1. The molecule has 0 aromatic carbocycles. The van der Waals surface area contributed by atoms with E-state index in [0.29, 0.717) is 11.8 Å². The molecule has 1 saturated heterocycles. The average Bonchev–Trinajstić information content (AvgIpc) is 2.81. The van der Waals surface area contributed by atoms with Gasteiger partial charge in [0.25, 0.3) is 0 Å². The van der Waals surface area contributed by atoms with Crippen molar-refractivity contribution in [2.24, 2.45) is 23.5 Å². The quantitative estimate of drug-likeness (QED) is 0.797. The Morgan fingerprint density at radius 2 is 2.17 bits per heavy atom. The molecule has 2 aliphatic rings. The summed E-state index contributed by atoms with van der Waals surface area (Å²) in [5.41, 5.74) is 5.94. The fourth-order valence-corrected chi connectivity index (χ4v) is 3.22. The van der Waals surface area contributed by atoms with Crippen LogP contribution in [0.5, 0.6) is 0 Å². The second-order valence-corrected chi connectivity index (χ2v) is 6.08. The smallest absolute Gasteiger partial charge is 0.223 e. The minimum Gasteiger partial charge on any atom is -0.381 e. The zero-order valence-corrected chi connectivity index (χ0v) is 11.5. The highest BCUT2D eigenvalue weighted by molar-refractivity contribution is 5.79. The van der Waals surface area contributed by atoms with Gasteiger partial charge in [-0.25, -0.2) is 0 Å². The fraction of sp³-hybridized carbons (Fsp3) is 0.929. The molecule has 1 aliphatic heterocycles. The number of carbonyl (C=O) groups is 1. The third-order valence-corrected chi connectivity index (χ3v) is 4.59. The van der Waals surface area contributed by atoms with Gasteiger partial charge in [0, 0.05) is 30.5 Å². The van der Waals surface area contributed by atoms with E-state index >= 15 is 0 Å². The van der Waals surface area contributed by atoms with E-state index in [0.717, 1.165) is 38.9 Å². The number of rotatable bonds is 3. The third-order valence-electron chi connectivity index (χ3n) is 4.59. The van der Waals surface area contributed by atoms with Crippen molar-refractivity contribution >= 4 is 5.91 Å². The van der Waals surface area contributed by atoms with Crippen LogP contribution in [-0.2, 0) is 9.53 Å². The Morgan fingerprint density at radius 1 is 1.39 bits per heavy atom. The Labute approximate surface area is 110 Å². The molecule has 4 heteroatoms. The summed E-state index contributed by atoms with van der Waals surface area (Å²) in [6.45, 7) is 5.86. The van der Waals surface area contributed by atoms with Crippen molar-refractivity contribution in [1.82, 2.24) is 5.32 Å². The molecule has 0 aromatic rings. The molecule has 2 rings (SSSR count). The first-order chi connectivity index (χ1) is 8.58. The minimum absolute atomic E-state index is 0.148. The highest BCUT2D eigenvalue weighted by Gasteiger charge is 2.32. The van der Waals surface area contributed by atoms with E-state index in [9.17, 15) is 4.79 Å². The van der Waals surface area contributed by atoms with Gasteiger partial charge in [0.05, 0.1) is 6.61 Å². The normalized spacial score (nSPS) is 38.4. The van der Waals surface area contributed by atoms with Gasteiger partial charge in [-0.1, -0.05) is 6.92 Å². The molecular formula is C14H26N2O2. The molecule has 0 aromatic heterocycles. The molecule has 3 N–H and O–H groups in total. The molecule has 5 atom stereocenters. The first-order valence-corrected chi connectivity index (χ1v) is 7.21. The average molecular weight is 254 g/mol. The molecule has 0 radical (unpaired) electrons. The summed E-state index contributed by atoms with van der Waals surface area (Å²) in [6, 6.07) is 0.507. The lowest BCUT2D eigenvalue weighted by Crippen LogP contribution is -2.45. The van der Waals surface area contributed by atoms with E-state index in [-0.39, 0.29) is 23.9 Å². The van der Waals surface area contributed by atoms with Gasteiger partial charge in [-0.05, 0) is 38.5 Å². The molecular weight excluding hydrogens is 228 g/mol. The van der Waals surface area contributed by atoms with Crippen LogP contribution in [0, 0.1) is 17.8 Å². The molecule has 1 saturated carbocycles. The number of hydrogen-bond acceptors (Lipinski definition) is 3. The number of carbonyl (C=O) groups excluding carboxylic acids is 1. The molecule has 4 nitrogen and oxygen atoms in total. The van der Waals surface area contributed by atoms with Gasteiger partial charge in [0.15, 0.2) is 0 Å². The highest BCUT2D eigenvalue weighted by Crippen LogP contribution is 2.29. The lowest BCUT2D eigenvalue weighted by atomic mass is 9.77. The maximum Gasteiger partial charge on any atom is 0.223 e. The van der Waals surface area contributed by atoms with Gasteiger partial charge in [-0.2, -0.15) is 0 Å². The van der Waals surface area contributed by atoms with Crippen LogP contribution in [0.2, 0.25) is 0 Å². The molecule has 2 fully saturated rings. The van der Waals surface area contributed by atoms with Crippen molar-refractivity contribution < 1.29 is 9.53 Å². The second kappa shape index (κ2) is 6.02. The van der Waals surface area contributed by atoms with Gasteiger partial charge in [0.1, 0.15) is 0 Å². The number of ether oxygens (including phenoxy) is 1. The standard InChI is InChI=1S/C14H26N2O2/c1-9-7-12(15)3-4-13(9)14(17)16-10(2)11-5-6-18-8-11/h9-13H,3-8,15H2,1-2H3,(H,16,17). The summed E-state index contributed by atoms with van der Waals surface area (Å²) in [4.78, 5) is 12.3. The summed E-state index contributed by atoms with van der Waals surface area (Å²) < 4.78 is 5.37. The van der Waals surface area contributed by atoms with E-state index in [1.54, 1.807) is 0 Å². The Kier molecular flexibility index (Phi) is 4.62. The fourth-order valence-electron chi connectivity index (χ4n) is 3.22. The molecule has 1 aliphatic carbocycles. The summed E-state index contributed by atoms with van der Waals surface area (Å²) in [7, 11) is 0. The van der Waals surface area contributed by atoms with E-state index in [1.807, 2.05) is 0 Å². The van der Waals surface area contributed by atoms with Crippen LogP contribution < -0.4 is 11.1 Å². The summed E-state index contributed by atoms with van der Waals surface area (Å²) in [6.07, 6.45) is 3.94.